The van der Waals surface area contributed by atoms with E-state index in [1.807, 2.05) is 18.4 Å². The molecule has 1 nitrogen and oxygen atoms in total. The maximum atomic E-state index is 12.1. The van der Waals surface area contributed by atoms with Crippen LogP contribution < -0.4 is 0 Å². The van der Waals surface area contributed by atoms with Crippen molar-refractivity contribution in [1.82, 2.24) is 0 Å². The Kier molecular flexibility index (Phi) is 2.73. The van der Waals surface area contributed by atoms with Crippen molar-refractivity contribution in [3.8, 4) is 0 Å². The van der Waals surface area contributed by atoms with Gasteiger partial charge in [-0.3, -0.25) is 4.79 Å². The van der Waals surface area contributed by atoms with Gasteiger partial charge in [0, 0.05) is 5.92 Å². The van der Waals surface area contributed by atoms with Crippen LogP contribution in [0.15, 0.2) is 11.4 Å². The van der Waals surface area contributed by atoms with Gasteiger partial charge in [-0.25, -0.2) is 0 Å². The minimum absolute atomic E-state index is 0.298. The van der Waals surface area contributed by atoms with Gasteiger partial charge in [-0.1, -0.05) is 13.3 Å². The Hall–Kier alpha value is -0.630. The Bertz CT molecular complexity index is 340. The number of Topliss-reactive ketones (excluding diaryl/α,β-unsaturated/α-hetero) is 1. The number of carbonyl (C=O) groups is 1. The van der Waals surface area contributed by atoms with Crippen molar-refractivity contribution < 1.29 is 4.79 Å². The molecule has 2 atom stereocenters. The molecule has 1 aromatic rings. The largest absolute Gasteiger partial charge is 0.293 e. The lowest BCUT2D eigenvalue weighted by Gasteiger charge is -2.12. The fraction of sp³-hybridized carbons (Fsp3) is 0.583. The predicted molar refractivity (Wildman–Crippen MR) is 59.9 cm³/mol. The van der Waals surface area contributed by atoms with Crippen molar-refractivity contribution in [1.29, 1.82) is 0 Å². The standard InChI is InChI=1S/C12H16OS/c1-8-4-3-5-10(8)11(13)12-9(2)6-7-14-12/h6-8,10H,3-5H2,1-2H3. The van der Waals surface area contributed by atoms with E-state index in [1.165, 1.54) is 12.8 Å². The molecule has 0 bridgehead atoms. The summed E-state index contributed by atoms with van der Waals surface area (Å²) in [5, 5.41) is 2.02. The molecule has 1 aliphatic carbocycles. The second kappa shape index (κ2) is 3.85. The summed E-state index contributed by atoms with van der Waals surface area (Å²) in [7, 11) is 0. The number of aryl methyl sites for hydroxylation is 1. The summed E-state index contributed by atoms with van der Waals surface area (Å²) >= 11 is 1.60. The molecular formula is C12H16OS. The lowest BCUT2D eigenvalue weighted by molar-refractivity contribution is 0.0901. The van der Waals surface area contributed by atoms with E-state index in [2.05, 4.69) is 6.92 Å². The predicted octanol–water partition coefficient (Wildman–Crippen LogP) is 3.68. The van der Waals surface area contributed by atoms with E-state index in [4.69, 9.17) is 0 Å². The van der Waals surface area contributed by atoms with Crippen molar-refractivity contribution in [3.63, 3.8) is 0 Å². The highest BCUT2D eigenvalue weighted by Gasteiger charge is 2.31. The van der Waals surface area contributed by atoms with E-state index in [0.717, 1.165) is 16.9 Å². The molecule has 0 spiro atoms. The maximum Gasteiger partial charge on any atom is 0.176 e. The van der Waals surface area contributed by atoms with Gasteiger partial charge in [0.2, 0.25) is 0 Å². The third-order valence-corrected chi connectivity index (χ3v) is 4.32. The van der Waals surface area contributed by atoms with Gasteiger partial charge in [-0.2, -0.15) is 0 Å². The lowest BCUT2D eigenvalue weighted by Crippen LogP contribution is -2.16. The molecule has 1 heterocycles. The molecule has 0 radical (unpaired) electrons. The second-order valence-corrected chi connectivity index (χ2v) is 5.23. The summed E-state index contributed by atoms with van der Waals surface area (Å²) < 4.78 is 0. The Labute approximate surface area is 89.1 Å². The van der Waals surface area contributed by atoms with Gasteiger partial charge in [-0.05, 0) is 42.7 Å². The minimum atomic E-state index is 0.298. The molecule has 2 unspecified atom stereocenters. The van der Waals surface area contributed by atoms with Crippen LogP contribution in [0.5, 0.6) is 0 Å². The second-order valence-electron chi connectivity index (χ2n) is 4.31. The van der Waals surface area contributed by atoms with Crippen molar-refractivity contribution in [3.05, 3.63) is 21.9 Å². The fourth-order valence-electron chi connectivity index (χ4n) is 2.33. The summed E-state index contributed by atoms with van der Waals surface area (Å²) in [5.41, 5.74) is 1.15. The molecule has 0 amide bonds. The van der Waals surface area contributed by atoms with Crippen LogP contribution in [0.25, 0.3) is 0 Å². The molecular weight excluding hydrogens is 192 g/mol. The first-order valence-corrected chi connectivity index (χ1v) is 6.16. The van der Waals surface area contributed by atoms with Gasteiger partial charge < -0.3 is 0 Å². The first-order chi connectivity index (χ1) is 6.70. The van der Waals surface area contributed by atoms with Gasteiger partial charge in [0.05, 0.1) is 4.88 Å². The Morgan fingerprint density at radius 2 is 2.29 bits per heavy atom. The Balaban J connectivity index is 2.20. The average Bonchev–Trinajstić information content (AvgIpc) is 2.73. The van der Waals surface area contributed by atoms with Crippen LogP contribution in [-0.2, 0) is 0 Å². The summed E-state index contributed by atoms with van der Waals surface area (Å²) in [5.74, 6) is 1.28. The summed E-state index contributed by atoms with van der Waals surface area (Å²) in [4.78, 5) is 13.1. The Morgan fingerprint density at radius 3 is 2.79 bits per heavy atom. The molecule has 1 aliphatic rings. The van der Waals surface area contributed by atoms with E-state index in [1.54, 1.807) is 11.3 Å². The number of rotatable bonds is 2. The van der Waals surface area contributed by atoms with Gasteiger partial charge in [0.1, 0.15) is 0 Å². The zero-order valence-corrected chi connectivity index (χ0v) is 9.56. The lowest BCUT2D eigenvalue weighted by atomic mass is 9.92. The molecule has 2 rings (SSSR count). The third kappa shape index (κ3) is 1.63. The van der Waals surface area contributed by atoms with Gasteiger partial charge >= 0.3 is 0 Å². The molecule has 14 heavy (non-hydrogen) atoms. The van der Waals surface area contributed by atoms with Crippen LogP contribution in [0, 0.1) is 18.8 Å². The van der Waals surface area contributed by atoms with Gasteiger partial charge in [0.25, 0.3) is 0 Å². The number of hydrogen-bond acceptors (Lipinski definition) is 2. The molecule has 0 N–H and O–H groups in total. The van der Waals surface area contributed by atoms with Gasteiger partial charge in [-0.15, -0.1) is 11.3 Å². The SMILES string of the molecule is Cc1ccsc1C(=O)C1CCCC1C. The highest BCUT2D eigenvalue weighted by Crippen LogP contribution is 2.35. The zero-order chi connectivity index (χ0) is 10.1. The van der Waals surface area contributed by atoms with Crippen molar-refractivity contribution in [2.45, 2.75) is 33.1 Å². The van der Waals surface area contributed by atoms with Crippen LogP contribution in [0.2, 0.25) is 0 Å². The first-order valence-electron chi connectivity index (χ1n) is 5.28. The molecule has 0 saturated heterocycles. The number of ketones is 1. The summed E-state index contributed by atoms with van der Waals surface area (Å²) in [6.45, 7) is 4.24. The quantitative estimate of drug-likeness (QED) is 0.678. The van der Waals surface area contributed by atoms with Crippen LogP contribution in [0.4, 0.5) is 0 Å². The highest BCUT2D eigenvalue weighted by atomic mass is 32.1. The number of carbonyl (C=O) groups excluding carboxylic acids is 1. The molecule has 1 fully saturated rings. The molecule has 1 saturated carbocycles. The van der Waals surface area contributed by atoms with E-state index < -0.39 is 0 Å². The molecule has 2 heteroatoms. The molecule has 0 aliphatic heterocycles. The first kappa shape index (κ1) is 9.91. The average molecular weight is 208 g/mol. The maximum absolute atomic E-state index is 12.1. The minimum Gasteiger partial charge on any atom is -0.293 e. The Morgan fingerprint density at radius 1 is 1.50 bits per heavy atom. The smallest absolute Gasteiger partial charge is 0.176 e. The molecule has 76 valence electrons. The van der Waals surface area contributed by atoms with Crippen LogP contribution in [0.3, 0.4) is 0 Å². The van der Waals surface area contributed by atoms with Crippen molar-refractivity contribution in [2.24, 2.45) is 11.8 Å². The molecule has 1 aromatic heterocycles. The normalized spacial score (nSPS) is 26.7. The monoisotopic (exact) mass is 208 g/mol. The van der Waals surface area contributed by atoms with Crippen LogP contribution >= 0.6 is 11.3 Å². The highest BCUT2D eigenvalue weighted by molar-refractivity contribution is 7.12. The molecule has 0 aromatic carbocycles. The van der Waals surface area contributed by atoms with Crippen LogP contribution in [0.1, 0.15) is 41.4 Å². The van der Waals surface area contributed by atoms with E-state index in [9.17, 15) is 4.79 Å². The van der Waals surface area contributed by atoms with Gasteiger partial charge in [0.15, 0.2) is 5.78 Å². The van der Waals surface area contributed by atoms with E-state index in [-0.39, 0.29) is 0 Å². The number of thiophene rings is 1. The topological polar surface area (TPSA) is 17.1 Å². The fourth-order valence-corrected chi connectivity index (χ4v) is 3.26. The van der Waals surface area contributed by atoms with Crippen molar-refractivity contribution in [2.75, 3.05) is 0 Å². The van der Waals surface area contributed by atoms with E-state index >= 15 is 0 Å². The number of hydrogen-bond donors (Lipinski definition) is 0. The zero-order valence-electron chi connectivity index (χ0n) is 8.75. The van der Waals surface area contributed by atoms with E-state index in [0.29, 0.717) is 17.6 Å². The van der Waals surface area contributed by atoms with Crippen LogP contribution in [-0.4, -0.2) is 5.78 Å². The summed E-state index contributed by atoms with van der Waals surface area (Å²) in [6, 6.07) is 2.04. The summed E-state index contributed by atoms with van der Waals surface area (Å²) in [6.07, 6.45) is 3.54. The van der Waals surface area contributed by atoms with Crippen molar-refractivity contribution >= 4 is 17.1 Å². The third-order valence-electron chi connectivity index (χ3n) is 3.28.